The molecule has 1 aliphatic heterocycles. The summed E-state index contributed by atoms with van der Waals surface area (Å²) in [6, 6.07) is 5.50. The lowest BCUT2D eigenvalue weighted by molar-refractivity contribution is 0.231. The lowest BCUT2D eigenvalue weighted by Crippen LogP contribution is -2.33. The number of hydroxylamine groups is 1. The minimum atomic E-state index is -0.437. The molecule has 0 radical (unpaired) electrons. The molecule has 5 N–H and O–H groups in total. The highest BCUT2D eigenvalue weighted by Gasteiger charge is 2.19. The predicted octanol–water partition coefficient (Wildman–Crippen LogP) is -0.0707. The summed E-state index contributed by atoms with van der Waals surface area (Å²) in [5.41, 5.74) is 3.93. The van der Waals surface area contributed by atoms with E-state index in [4.69, 9.17) is 10.3 Å². The largest absolute Gasteiger partial charge is 0.374 e. The van der Waals surface area contributed by atoms with Crippen LogP contribution in [0.15, 0.2) is 28.0 Å². The van der Waals surface area contributed by atoms with Gasteiger partial charge in [-0.15, -0.1) is 0 Å². The molecule has 0 amide bonds. The predicted molar refractivity (Wildman–Crippen MR) is 82.2 cm³/mol. The Balaban J connectivity index is 2.04. The van der Waals surface area contributed by atoms with Crippen LogP contribution in [0.3, 0.4) is 0 Å². The number of aliphatic hydroxyl groups excluding tert-OH is 1. The van der Waals surface area contributed by atoms with E-state index in [-0.39, 0.29) is 17.6 Å². The second-order valence-electron chi connectivity index (χ2n) is 5.27. The molecule has 8 heteroatoms. The van der Waals surface area contributed by atoms with Crippen molar-refractivity contribution < 1.29 is 10.3 Å². The van der Waals surface area contributed by atoms with Crippen LogP contribution in [-0.2, 0) is 0 Å². The van der Waals surface area contributed by atoms with Gasteiger partial charge >= 0.3 is 5.69 Å². The van der Waals surface area contributed by atoms with Crippen LogP contribution < -0.4 is 16.5 Å². The summed E-state index contributed by atoms with van der Waals surface area (Å²) in [6.45, 7) is 1.38. The molecule has 0 atom stereocenters. The number of aromatic nitrogens is 2. The van der Waals surface area contributed by atoms with E-state index in [9.17, 15) is 4.79 Å². The Labute approximate surface area is 126 Å². The van der Waals surface area contributed by atoms with Gasteiger partial charge < -0.3 is 15.4 Å². The first-order chi connectivity index (χ1) is 10.7. The van der Waals surface area contributed by atoms with E-state index in [2.05, 4.69) is 15.3 Å². The highest BCUT2D eigenvalue weighted by Crippen LogP contribution is 2.22. The van der Waals surface area contributed by atoms with Gasteiger partial charge in [-0.2, -0.15) is 0 Å². The topological polar surface area (TPSA) is 115 Å². The third-order valence-electron chi connectivity index (χ3n) is 4.00. The molecule has 3 rings (SSSR count). The summed E-state index contributed by atoms with van der Waals surface area (Å²) in [5, 5.41) is 21.2. The zero-order valence-corrected chi connectivity index (χ0v) is 12.0. The van der Waals surface area contributed by atoms with Crippen molar-refractivity contribution in [3.05, 3.63) is 34.2 Å². The fraction of sp³-hybridized carbons (Fsp3) is 0.429. The molecule has 1 saturated heterocycles. The molecular formula is C14H19N5O3. The van der Waals surface area contributed by atoms with Crippen molar-refractivity contribution in [2.75, 3.05) is 19.8 Å². The molecule has 1 aliphatic rings. The number of aliphatic hydroxyl groups is 1. The van der Waals surface area contributed by atoms with Crippen LogP contribution in [0, 0.1) is 0 Å². The van der Waals surface area contributed by atoms with E-state index < -0.39 is 6.73 Å². The summed E-state index contributed by atoms with van der Waals surface area (Å²) < 4.78 is 1.80. The van der Waals surface area contributed by atoms with Gasteiger partial charge in [0.1, 0.15) is 6.73 Å². The zero-order chi connectivity index (χ0) is 15.5. The maximum atomic E-state index is 12.3. The van der Waals surface area contributed by atoms with Crippen molar-refractivity contribution in [1.29, 1.82) is 0 Å². The van der Waals surface area contributed by atoms with E-state index in [1.807, 2.05) is 11.5 Å². The van der Waals surface area contributed by atoms with Crippen LogP contribution in [0.4, 0.5) is 0 Å². The number of imidazole rings is 1. The zero-order valence-electron chi connectivity index (χ0n) is 12.0. The molecular weight excluding hydrogens is 286 g/mol. The highest BCUT2D eigenvalue weighted by molar-refractivity contribution is 6.00. The highest BCUT2D eigenvalue weighted by atomic mass is 16.5. The van der Waals surface area contributed by atoms with E-state index in [0.717, 1.165) is 31.4 Å². The van der Waals surface area contributed by atoms with Gasteiger partial charge in [-0.05, 0) is 44.1 Å². The SMILES string of the molecule is O=c1[nH]c2cc(C(=NCO)NO)ccc2n1C1CCNCC1. The second kappa shape index (κ2) is 6.30. The van der Waals surface area contributed by atoms with Gasteiger partial charge in [-0.25, -0.2) is 9.79 Å². The standard InChI is InChI=1S/C14H19N5O3/c20-8-16-13(18-22)9-1-2-12-11(7-9)17-14(21)19(12)10-3-5-15-6-4-10/h1-2,7,10,15,20,22H,3-6,8H2,(H,16,18)(H,17,21). The molecule has 2 aromatic rings. The number of amidine groups is 1. The van der Waals surface area contributed by atoms with E-state index >= 15 is 0 Å². The number of H-pyrrole nitrogens is 1. The molecule has 1 aromatic heterocycles. The number of hydrogen-bond acceptors (Lipinski definition) is 5. The van der Waals surface area contributed by atoms with Crippen LogP contribution >= 0.6 is 0 Å². The van der Waals surface area contributed by atoms with E-state index in [1.165, 1.54) is 0 Å². The lowest BCUT2D eigenvalue weighted by atomic mass is 10.1. The number of benzene rings is 1. The average Bonchev–Trinajstić information content (AvgIpc) is 2.88. The minimum Gasteiger partial charge on any atom is -0.374 e. The Hall–Kier alpha value is -2.16. The van der Waals surface area contributed by atoms with Crippen LogP contribution in [-0.4, -0.2) is 45.5 Å². The number of fused-ring (bicyclic) bond motifs is 1. The number of hydrogen-bond donors (Lipinski definition) is 5. The number of aliphatic imine (C=N–C) groups is 1. The summed E-state index contributed by atoms with van der Waals surface area (Å²) in [4.78, 5) is 18.9. The molecule has 8 nitrogen and oxygen atoms in total. The normalized spacial score (nSPS) is 17.1. The number of nitrogens with zero attached hydrogens (tertiary/aromatic N) is 2. The Kier molecular flexibility index (Phi) is 4.23. The van der Waals surface area contributed by atoms with E-state index in [1.54, 1.807) is 16.7 Å². The molecule has 0 spiro atoms. The number of piperidine rings is 1. The maximum Gasteiger partial charge on any atom is 0.326 e. The fourth-order valence-corrected chi connectivity index (χ4v) is 2.97. The Bertz CT molecular complexity index is 743. The summed E-state index contributed by atoms with van der Waals surface area (Å²) in [5.74, 6) is 0.153. The third kappa shape index (κ3) is 2.63. The van der Waals surface area contributed by atoms with Gasteiger partial charge in [0.15, 0.2) is 5.84 Å². The fourth-order valence-electron chi connectivity index (χ4n) is 2.97. The number of nitrogens with one attached hydrogen (secondary N) is 3. The van der Waals surface area contributed by atoms with Gasteiger partial charge in [0, 0.05) is 11.6 Å². The van der Waals surface area contributed by atoms with Crippen molar-refractivity contribution in [3.63, 3.8) is 0 Å². The second-order valence-corrected chi connectivity index (χ2v) is 5.27. The minimum absolute atomic E-state index is 0.128. The van der Waals surface area contributed by atoms with Crippen molar-refractivity contribution in [1.82, 2.24) is 20.3 Å². The quantitative estimate of drug-likeness (QED) is 0.309. The molecule has 0 bridgehead atoms. The van der Waals surface area contributed by atoms with Crippen LogP contribution in [0.25, 0.3) is 11.0 Å². The third-order valence-corrected chi connectivity index (χ3v) is 4.00. The van der Waals surface area contributed by atoms with Gasteiger partial charge in [0.2, 0.25) is 0 Å². The lowest BCUT2D eigenvalue weighted by Gasteiger charge is -2.23. The molecule has 1 aromatic carbocycles. The van der Waals surface area contributed by atoms with E-state index in [0.29, 0.717) is 11.1 Å². The molecule has 22 heavy (non-hydrogen) atoms. The smallest absolute Gasteiger partial charge is 0.326 e. The summed E-state index contributed by atoms with van der Waals surface area (Å²) in [7, 11) is 0. The molecule has 118 valence electrons. The molecule has 0 unspecified atom stereocenters. The van der Waals surface area contributed by atoms with Crippen molar-refractivity contribution in [2.45, 2.75) is 18.9 Å². The van der Waals surface area contributed by atoms with Crippen LogP contribution in [0.5, 0.6) is 0 Å². The first-order valence-electron chi connectivity index (χ1n) is 7.25. The summed E-state index contributed by atoms with van der Waals surface area (Å²) >= 11 is 0. The van der Waals surface area contributed by atoms with Crippen molar-refractivity contribution in [3.8, 4) is 0 Å². The maximum absolute atomic E-state index is 12.3. The number of aromatic amines is 1. The molecule has 2 heterocycles. The Morgan fingerprint density at radius 1 is 1.41 bits per heavy atom. The monoisotopic (exact) mass is 305 g/mol. The van der Waals surface area contributed by atoms with Gasteiger partial charge in [-0.1, -0.05) is 0 Å². The van der Waals surface area contributed by atoms with Crippen molar-refractivity contribution >= 4 is 16.9 Å². The van der Waals surface area contributed by atoms with Gasteiger partial charge in [-0.3, -0.25) is 15.3 Å². The van der Waals surface area contributed by atoms with Gasteiger partial charge in [0.05, 0.1) is 11.0 Å². The Morgan fingerprint density at radius 3 is 2.86 bits per heavy atom. The van der Waals surface area contributed by atoms with Gasteiger partial charge in [0.25, 0.3) is 0 Å². The number of rotatable bonds is 3. The van der Waals surface area contributed by atoms with Crippen molar-refractivity contribution in [2.24, 2.45) is 4.99 Å². The first-order valence-corrected chi connectivity index (χ1v) is 7.25. The molecule has 0 aliphatic carbocycles. The summed E-state index contributed by atoms with van der Waals surface area (Å²) in [6.07, 6.45) is 1.84. The Morgan fingerprint density at radius 2 is 2.18 bits per heavy atom. The average molecular weight is 305 g/mol. The molecule has 0 saturated carbocycles. The molecule has 1 fully saturated rings. The first kappa shape index (κ1) is 14.8. The van der Waals surface area contributed by atoms with Crippen LogP contribution in [0.1, 0.15) is 24.4 Å². The van der Waals surface area contributed by atoms with Crippen LogP contribution in [0.2, 0.25) is 0 Å².